The number of aliphatic hydroxyl groups is 2. The van der Waals surface area contributed by atoms with Crippen LogP contribution in [0.25, 0.3) is 11.0 Å². The Kier molecular flexibility index (Phi) is 5.45. The molecule has 0 bridgehead atoms. The number of nitrogens with zero attached hydrogens (tertiary/aromatic N) is 3. The molecule has 0 amide bonds. The Balaban J connectivity index is 2.08. The molecule has 0 aliphatic carbocycles. The SMILES string of the molecule is CCN(CC(O)Cn1cnc2cc(C)c(C)cc21)CC(C)(C)O. The molecule has 0 spiro atoms. The van der Waals surface area contributed by atoms with Gasteiger partial charge in [-0.05, 0) is 57.5 Å². The van der Waals surface area contributed by atoms with Gasteiger partial charge in [0.25, 0.3) is 0 Å². The molecule has 0 saturated heterocycles. The molecule has 1 atom stereocenters. The molecule has 5 nitrogen and oxygen atoms in total. The van der Waals surface area contributed by atoms with Crippen molar-refractivity contribution < 1.29 is 10.2 Å². The summed E-state index contributed by atoms with van der Waals surface area (Å²) in [6.45, 7) is 12.2. The normalized spacial score (nSPS) is 13.9. The molecule has 1 unspecified atom stereocenters. The van der Waals surface area contributed by atoms with Crippen LogP contribution in [0.2, 0.25) is 0 Å². The van der Waals surface area contributed by atoms with E-state index in [1.165, 1.54) is 11.1 Å². The lowest BCUT2D eigenvalue weighted by Crippen LogP contribution is -2.43. The summed E-state index contributed by atoms with van der Waals surface area (Å²) in [4.78, 5) is 6.50. The lowest BCUT2D eigenvalue weighted by atomic mass is 10.1. The molecule has 5 heteroatoms. The van der Waals surface area contributed by atoms with Crippen LogP contribution >= 0.6 is 0 Å². The van der Waals surface area contributed by atoms with Gasteiger partial charge in [0, 0.05) is 13.1 Å². The van der Waals surface area contributed by atoms with E-state index in [9.17, 15) is 10.2 Å². The smallest absolute Gasteiger partial charge is 0.0959 e. The molecule has 128 valence electrons. The first-order chi connectivity index (χ1) is 10.7. The fraction of sp³-hybridized carbons (Fsp3) is 0.611. The van der Waals surface area contributed by atoms with E-state index in [0.29, 0.717) is 19.6 Å². The Morgan fingerprint density at radius 1 is 1.26 bits per heavy atom. The van der Waals surface area contributed by atoms with Crippen LogP contribution in [0.4, 0.5) is 0 Å². The van der Waals surface area contributed by atoms with Gasteiger partial charge in [-0.15, -0.1) is 0 Å². The lowest BCUT2D eigenvalue weighted by Gasteiger charge is -2.29. The van der Waals surface area contributed by atoms with Crippen LogP contribution in [0, 0.1) is 13.8 Å². The minimum atomic E-state index is -0.758. The largest absolute Gasteiger partial charge is 0.390 e. The van der Waals surface area contributed by atoms with Crippen LogP contribution in [-0.2, 0) is 6.54 Å². The summed E-state index contributed by atoms with van der Waals surface area (Å²) in [7, 11) is 0. The van der Waals surface area contributed by atoms with E-state index in [1.807, 2.05) is 11.5 Å². The minimum Gasteiger partial charge on any atom is -0.390 e. The lowest BCUT2D eigenvalue weighted by molar-refractivity contribution is 0.0180. The van der Waals surface area contributed by atoms with Crippen LogP contribution in [-0.4, -0.2) is 56.0 Å². The van der Waals surface area contributed by atoms with Gasteiger partial charge in [0.05, 0.1) is 35.6 Å². The third kappa shape index (κ3) is 4.77. The zero-order chi connectivity index (χ0) is 17.2. The number of benzene rings is 1. The number of aliphatic hydroxyl groups excluding tert-OH is 1. The molecule has 1 aromatic carbocycles. The van der Waals surface area contributed by atoms with Crippen molar-refractivity contribution in [2.45, 2.75) is 52.9 Å². The van der Waals surface area contributed by atoms with Crippen LogP contribution in [0.15, 0.2) is 18.5 Å². The minimum absolute atomic E-state index is 0.501. The Bertz CT molecular complexity index is 658. The van der Waals surface area contributed by atoms with Crippen molar-refractivity contribution in [3.05, 3.63) is 29.6 Å². The van der Waals surface area contributed by atoms with E-state index in [4.69, 9.17) is 0 Å². The van der Waals surface area contributed by atoms with Gasteiger partial charge in [-0.2, -0.15) is 0 Å². The highest BCUT2D eigenvalue weighted by atomic mass is 16.3. The monoisotopic (exact) mass is 319 g/mol. The van der Waals surface area contributed by atoms with Gasteiger partial charge in [-0.3, -0.25) is 4.90 Å². The summed E-state index contributed by atoms with van der Waals surface area (Å²) in [5.74, 6) is 0. The van der Waals surface area contributed by atoms with Crippen molar-refractivity contribution in [3.63, 3.8) is 0 Å². The number of hydrogen-bond acceptors (Lipinski definition) is 4. The van der Waals surface area contributed by atoms with Gasteiger partial charge in [-0.25, -0.2) is 4.98 Å². The quantitative estimate of drug-likeness (QED) is 0.820. The number of aryl methyl sites for hydroxylation is 2. The van der Waals surface area contributed by atoms with E-state index in [2.05, 4.69) is 35.9 Å². The Labute approximate surface area is 138 Å². The van der Waals surface area contributed by atoms with Gasteiger partial charge >= 0.3 is 0 Å². The molecule has 2 aromatic rings. The maximum absolute atomic E-state index is 10.4. The maximum Gasteiger partial charge on any atom is 0.0959 e. The van der Waals surface area contributed by atoms with E-state index >= 15 is 0 Å². The molecule has 2 N–H and O–H groups in total. The molecule has 0 saturated carbocycles. The average Bonchev–Trinajstić information content (AvgIpc) is 2.79. The van der Waals surface area contributed by atoms with Crippen molar-refractivity contribution >= 4 is 11.0 Å². The second kappa shape index (κ2) is 6.99. The Hall–Kier alpha value is -1.43. The summed E-state index contributed by atoms with van der Waals surface area (Å²) in [5, 5.41) is 20.4. The number of hydrogen-bond donors (Lipinski definition) is 2. The molecule has 0 fully saturated rings. The highest BCUT2D eigenvalue weighted by Gasteiger charge is 2.20. The van der Waals surface area contributed by atoms with E-state index in [-0.39, 0.29) is 0 Å². The molecular weight excluding hydrogens is 290 g/mol. The zero-order valence-corrected chi connectivity index (χ0v) is 14.9. The molecule has 0 radical (unpaired) electrons. The highest BCUT2D eigenvalue weighted by molar-refractivity contribution is 5.77. The predicted molar refractivity (Wildman–Crippen MR) is 93.6 cm³/mol. The second-order valence-corrected chi connectivity index (χ2v) is 7.12. The van der Waals surface area contributed by atoms with Gasteiger partial charge in [-0.1, -0.05) is 6.92 Å². The number of likely N-dealkylation sites (N-methyl/N-ethyl adjacent to an activating group) is 1. The molecule has 1 heterocycles. The van der Waals surface area contributed by atoms with Crippen LogP contribution < -0.4 is 0 Å². The summed E-state index contributed by atoms with van der Waals surface area (Å²) in [5.41, 5.74) is 3.71. The number of aromatic nitrogens is 2. The fourth-order valence-corrected chi connectivity index (χ4v) is 2.89. The second-order valence-electron chi connectivity index (χ2n) is 7.12. The van der Waals surface area contributed by atoms with Crippen LogP contribution in [0.1, 0.15) is 31.9 Å². The van der Waals surface area contributed by atoms with Crippen LogP contribution in [0.5, 0.6) is 0 Å². The predicted octanol–water partition coefficient (Wildman–Crippen LogP) is 2.11. The molecular formula is C18H29N3O2. The topological polar surface area (TPSA) is 61.5 Å². The van der Waals surface area contributed by atoms with Crippen molar-refractivity contribution in [2.24, 2.45) is 0 Å². The summed E-state index contributed by atoms with van der Waals surface area (Å²) < 4.78 is 2.00. The van der Waals surface area contributed by atoms with E-state index in [0.717, 1.165) is 17.6 Å². The van der Waals surface area contributed by atoms with Crippen LogP contribution in [0.3, 0.4) is 0 Å². The third-order valence-corrected chi connectivity index (χ3v) is 4.17. The van der Waals surface area contributed by atoms with E-state index in [1.54, 1.807) is 20.2 Å². The molecule has 23 heavy (non-hydrogen) atoms. The number of imidazole rings is 1. The first-order valence-corrected chi connectivity index (χ1v) is 8.24. The van der Waals surface area contributed by atoms with Crippen molar-refractivity contribution in [1.82, 2.24) is 14.5 Å². The van der Waals surface area contributed by atoms with Gasteiger partial charge in [0.15, 0.2) is 0 Å². The third-order valence-electron chi connectivity index (χ3n) is 4.17. The average molecular weight is 319 g/mol. The first-order valence-electron chi connectivity index (χ1n) is 8.24. The zero-order valence-electron chi connectivity index (χ0n) is 14.9. The Morgan fingerprint density at radius 2 is 1.91 bits per heavy atom. The highest BCUT2D eigenvalue weighted by Crippen LogP contribution is 2.19. The fourth-order valence-electron chi connectivity index (χ4n) is 2.89. The molecule has 1 aromatic heterocycles. The van der Waals surface area contributed by atoms with Crippen molar-refractivity contribution in [2.75, 3.05) is 19.6 Å². The molecule has 2 rings (SSSR count). The summed E-state index contributed by atoms with van der Waals surface area (Å²) in [6.07, 6.45) is 1.29. The molecule has 0 aliphatic heterocycles. The number of rotatable bonds is 7. The van der Waals surface area contributed by atoms with Gasteiger partial charge < -0.3 is 14.8 Å². The molecule has 0 aliphatic rings. The van der Waals surface area contributed by atoms with Crippen molar-refractivity contribution in [3.8, 4) is 0 Å². The van der Waals surface area contributed by atoms with Gasteiger partial charge in [0.2, 0.25) is 0 Å². The first kappa shape index (κ1) is 17.9. The van der Waals surface area contributed by atoms with Gasteiger partial charge in [0.1, 0.15) is 0 Å². The van der Waals surface area contributed by atoms with E-state index < -0.39 is 11.7 Å². The maximum atomic E-state index is 10.4. The summed E-state index contributed by atoms with van der Waals surface area (Å²) in [6, 6.07) is 4.21. The summed E-state index contributed by atoms with van der Waals surface area (Å²) >= 11 is 0. The number of fused-ring (bicyclic) bond motifs is 1. The standard InChI is InChI=1S/C18H29N3O2/c1-6-20(11-18(4,5)23)9-15(22)10-21-12-19-16-7-13(2)14(3)8-17(16)21/h7-8,12,15,22-23H,6,9-11H2,1-5H3. The Morgan fingerprint density at radius 3 is 2.52 bits per heavy atom. The van der Waals surface area contributed by atoms with Crippen molar-refractivity contribution in [1.29, 1.82) is 0 Å².